The first kappa shape index (κ1) is 32.6. The van der Waals surface area contributed by atoms with Crippen molar-refractivity contribution in [2.75, 3.05) is 11.5 Å². The zero-order valence-corrected chi connectivity index (χ0v) is 25.4. The van der Waals surface area contributed by atoms with Gasteiger partial charge in [0.2, 0.25) is 0 Å². The number of fused-ring (bicyclic) bond motifs is 5. The van der Waals surface area contributed by atoms with Gasteiger partial charge in [-0.05, 0) is 74.2 Å². The van der Waals surface area contributed by atoms with Crippen LogP contribution in [0.4, 0.5) is 11.6 Å². The fourth-order valence-electron chi connectivity index (χ4n) is 7.72. The SMILES string of the molecule is CCC(=O)OC1CCC2C3CCC4=CC(=O)CCC4(C)C3CCC12C.Cl.NC(N)=NC(=O)c1nc(Cl)c(N)nc1N. The number of nitrogen functional groups attached to an aromatic ring is 2. The molecule has 3 saturated carbocycles. The number of anilines is 2. The lowest BCUT2D eigenvalue weighted by atomic mass is 9.47. The number of allylic oxidation sites excluding steroid dienone is 1. The Morgan fingerprint density at radius 2 is 1.76 bits per heavy atom. The second-order valence-electron chi connectivity index (χ2n) is 11.9. The van der Waals surface area contributed by atoms with E-state index >= 15 is 0 Å². The van der Waals surface area contributed by atoms with E-state index in [1.807, 2.05) is 13.0 Å². The molecule has 4 aliphatic carbocycles. The summed E-state index contributed by atoms with van der Waals surface area (Å²) >= 11 is 5.55. The molecule has 41 heavy (non-hydrogen) atoms. The molecule has 226 valence electrons. The monoisotopic (exact) mass is 609 g/mol. The van der Waals surface area contributed by atoms with E-state index in [9.17, 15) is 14.4 Å². The summed E-state index contributed by atoms with van der Waals surface area (Å²) in [6.07, 6.45) is 11.3. The molecule has 1 heterocycles. The molecule has 1 aromatic rings. The Bertz CT molecular complexity index is 1270. The number of nitrogens with two attached hydrogens (primary N) is 4. The zero-order chi connectivity index (χ0) is 29.4. The number of hydrogen-bond acceptors (Lipinski definition) is 8. The summed E-state index contributed by atoms with van der Waals surface area (Å²) in [5.74, 6) is 0.911. The molecule has 11 nitrogen and oxygen atoms in total. The first-order chi connectivity index (χ1) is 18.8. The summed E-state index contributed by atoms with van der Waals surface area (Å²) < 4.78 is 5.86. The van der Waals surface area contributed by atoms with Crippen molar-refractivity contribution >= 4 is 59.3 Å². The summed E-state index contributed by atoms with van der Waals surface area (Å²) in [4.78, 5) is 45.5. The lowest BCUT2D eigenvalue weighted by Gasteiger charge is -2.57. The summed E-state index contributed by atoms with van der Waals surface area (Å²) in [5, 5.41) is -0.140. The number of carbonyl (C=O) groups is 3. The number of guanidine groups is 1. The Labute approximate surface area is 251 Å². The Morgan fingerprint density at radius 3 is 2.41 bits per heavy atom. The molecule has 0 aliphatic heterocycles. The third-order valence-corrected chi connectivity index (χ3v) is 10.1. The highest BCUT2D eigenvalue weighted by atomic mass is 35.5. The summed E-state index contributed by atoms with van der Waals surface area (Å²) in [5.41, 5.74) is 22.3. The number of aromatic nitrogens is 2. The topological polar surface area (TPSA) is 203 Å². The minimum absolute atomic E-state index is 0. The molecule has 1 aromatic heterocycles. The number of ether oxygens (including phenoxy) is 1. The Hall–Kier alpha value is -2.92. The van der Waals surface area contributed by atoms with E-state index in [1.54, 1.807) is 0 Å². The smallest absolute Gasteiger partial charge is 0.305 e. The summed E-state index contributed by atoms with van der Waals surface area (Å²) in [6, 6.07) is 0. The highest BCUT2D eigenvalue weighted by Crippen LogP contribution is 2.65. The van der Waals surface area contributed by atoms with E-state index < -0.39 is 11.9 Å². The number of amides is 1. The van der Waals surface area contributed by atoms with Crippen LogP contribution in [0.15, 0.2) is 16.6 Å². The van der Waals surface area contributed by atoms with E-state index in [4.69, 9.17) is 39.3 Å². The second kappa shape index (κ2) is 12.5. The predicted molar refractivity (Wildman–Crippen MR) is 160 cm³/mol. The molecule has 1 amide bonds. The largest absolute Gasteiger partial charge is 0.462 e. The van der Waals surface area contributed by atoms with E-state index in [0.717, 1.165) is 38.0 Å². The standard InChI is InChI=1S/C22H32O3.C6H8ClN7O.ClH/c1-4-20(24)25-19-8-7-17-16-6-5-14-13-15(23)9-11-21(14,2)18(16)10-12-22(17,19)3;7-2-4(9)13-3(8)1(12-2)5(15)14-6(10)11;/h13,16-19H,4-12H2,1-3H3;(H4,8,9,13)(H4,10,11,14,15);1H. The van der Waals surface area contributed by atoms with Gasteiger partial charge in [-0.3, -0.25) is 14.4 Å². The van der Waals surface area contributed by atoms with Crippen molar-refractivity contribution in [2.45, 2.75) is 84.7 Å². The van der Waals surface area contributed by atoms with Crippen LogP contribution in [0.3, 0.4) is 0 Å². The zero-order valence-electron chi connectivity index (χ0n) is 23.8. The average Bonchev–Trinajstić information content (AvgIpc) is 3.22. The number of nitrogens with zero attached hydrogens (tertiary/aromatic N) is 3. The molecule has 0 spiro atoms. The van der Waals surface area contributed by atoms with E-state index in [2.05, 4.69) is 28.8 Å². The van der Waals surface area contributed by atoms with Gasteiger partial charge in [0.1, 0.15) is 6.10 Å². The number of ketones is 1. The fraction of sp³-hybridized carbons (Fsp3) is 0.643. The maximum absolute atomic E-state index is 11.9. The van der Waals surface area contributed by atoms with Crippen LogP contribution >= 0.6 is 24.0 Å². The number of esters is 1. The van der Waals surface area contributed by atoms with Crippen molar-refractivity contribution in [3.05, 3.63) is 22.5 Å². The Morgan fingerprint density at radius 1 is 1.05 bits per heavy atom. The van der Waals surface area contributed by atoms with Crippen LogP contribution in [-0.4, -0.2) is 39.7 Å². The third kappa shape index (κ3) is 6.30. The quantitative estimate of drug-likeness (QED) is 0.220. The van der Waals surface area contributed by atoms with Crippen molar-refractivity contribution in [1.29, 1.82) is 0 Å². The van der Waals surface area contributed by atoms with Crippen molar-refractivity contribution in [3.8, 4) is 0 Å². The number of carbonyl (C=O) groups excluding carboxylic acids is 3. The van der Waals surface area contributed by atoms with E-state index in [0.29, 0.717) is 24.0 Å². The van der Waals surface area contributed by atoms with Crippen LogP contribution in [0.2, 0.25) is 5.15 Å². The van der Waals surface area contributed by atoms with Gasteiger partial charge in [0.05, 0.1) is 0 Å². The van der Waals surface area contributed by atoms with Crippen LogP contribution in [0.25, 0.3) is 0 Å². The molecular formula is C28H41Cl2N7O4. The van der Waals surface area contributed by atoms with Gasteiger partial charge < -0.3 is 27.7 Å². The van der Waals surface area contributed by atoms with Crippen molar-refractivity contribution < 1.29 is 19.1 Å². The molecule has 6 atom stereocenters. The van der Waals surface area contributed by atoms with Crippen LogP contribution < -0.4 is 22.9 Å². The third-order valence-electron chi connectivity index (χ3n) is 9.78. The van der Waals surface area contributed by atoms with Crippen LogP contribution in [-0.2, 0) is 14.3 Å². The number of hydrogen-bond donors (Lipinski definition) is 4. The van der Waals surface area contributed by atoms with Gasteiger partial charge in [0.25, 0.3) is 0 Å². The number of aliphatic imine (C=N–C) groups is 1. The number of halogens is 2. The first-order valence-electron chi connectivity index (χ1n) is 14.0. The molecule has 4 aliphatic rings. The maximum Gasteiger partial charge on any atom is 0.305 e. The van der Waals surface area contributed by atoms with E-state index in [1.165, 1.54) is 24.8 Å². The van der Waals surface area contributed by atoms with Crippen molar-refractivity contribution in [3.63, 3.8) is 0 Å². The summed E-state index contributed by atoms with van der Waals surface area (Å²) in [6.45, 7) is 6.69. The van der Waals surface area contributed by atoms with Gasteiger partial charge in [0, 0.05) is 18.3 Å². The Balaban J connectivity index is 0.000000250. The molecule has 0 bridgehead atoms. The predicted octanol–water partition coefficient (Wildman–Crippen LogP) is 3.97. The molecule has 0 aromatic carbocycles. The van der Waals surface area contributed by atoms with Crippen LogP contribution in [0.1, 0.15) is 89.0 Å². The maximum atomic E-state index is 11.9. The van der Waals surface area contributed by atoms with E-state index in [-0.39, 0.29) is 57.8 Å². The van der Waals surface area contributed by atoms with Gasteiger partial charge in [-0.25, -0.2) is 9.97 Å². The van der Waals surface area contributed by atoms with Crippen molar-refractivity contribution in [2.24, 2.45) is 45.0 Å². The molecule has 6 unspecified atom stereocenters. The molecule has 8 N–H and O–H groups in total. The van der Waals surface area contributed by atoms with Crippen LogP contribution in [0.5, 0.6) is 0 Å². The van der Waals surface area contributed by atoms with Gasteiger partial charge >= 0.3 is 11.9 Å². The fourth-order valence-corrected chi connectivity index (χ4v) is 7.84. The lowest BCUT2D eigenvalue weighted by Crippen LogP contribution is -2.51. The second-order valence-corrected chi connectivity index (χ2v) is 12.3. The Kier molecular flexibility index (Phi) is 9.96. The molecule has 13 heteroatoms. The first-order valence-corrected chi connectivity index (χ1v) is 14.3. The molecular weight excluding hydrogens is 569 g/mol. The highest BCUT2D eigenvalue weighted by Gasteiger charge is 2.59. The van der Waals surface area contributed by atoms with Crippen LogP contribution in [0, 0.1) is 28.6 Å². The molecule has 5 rings (SSSR count). The van der Waals surface area contributed by atoms with Gasteiger partial charge in [0.15, 0.2) is 34.2 Å². The summed E-state index contributed by atoms with van der Waals surface area (Å²) in [7, 11) is 0. The molecule has 3 fully saturated rings. The van der Waals surface area contributed by atoms with Crippen molar-refractivity contribution in [1.82, 2.24) is 9.97 Å². The van der Waals surface area contributed by atoms with Gasteiger partial charge in [-0.15, -0.1) is 12.4 Å². The average molecular weight is 611 g/mol. The molecule has 0 radical (unpaired) electrons. The normalized spacial score (nSPS) is 31.5. The highest BCUT2D eigenvalue weighted by molar-refractivity contribution is 6.31. The van der Waals surface area contributed by atoms with Gasteiger partial charge in [-0.1, -0.05) is 37.9 Å². The molecule has 0 saturated heterocycles. The number of rotatable bonds is 3. The van der Waals surface area contributed by atoms with Gasteiger partial charge in [-0.2, -0.15) is 4.99 Å². The minimum Gasteiger partial charge on any atom is -0.462 e. The lowest BCUT2D eigenvalue weighted by molar-refractivity contribution is -0.159. The minimum atomic E-state index is -0.832.